The summed E-state index contributed by atoms with van der Waals surface area (Å²) in [5.41, 5.74) is 5.71. The molecule has 3 nitrogen and oxygen atoms in total. The van der Waals surface area contributed by atoms with Crippen LogP contribution in [0.3, 0.4) is 0 Å². The fourth-order valence-corrected chi connectivity index (χ4v) is 2.54. The molecule has 1 fully saturated rings. The number of aromatic nitrogens is 1. The number of alkyl halides is 3. The van der Waals surface area contributed by atoms with Gasteiger partial charge in [0.2, 0.25) is 0 Å². The first-order chi connectivity index (χ1) is 7.45. The fourth-order valence-electron chi connectivity index (χ4n) is 1.71. The van der Waals surface area contributed by atoms with Gasteiger partial charge in [0.15, 0.2) is 0 Å². The van der Waals surface area contributed by atoms with Crippen LogP contribution >= 0.6 is 23.7 Å². The van der Waals surface area contributed by atoms with Gasteiger partial charge in [-0.15, -0.1) is 23.7 Å². The summed E-state index contributed by atoms with van der Waals surface area (Å²) in [6, 6.07) is 0.141. The Morgan fingerprint density at radius 2 is 2.24 bits per heavy atom. The third-order valence-electron chi connectivity index (χ3n) is 2.50. The van der Waals surface area contributed by atoms with Crippen molar-refractivity contribution in [2.75, 3.05) is 13.1 Å². The number of likely N-dealkylation sites (tertiary alicyclic amines) is 1. The molecule has 0 aromatic carbocycles. The highest BCUT2D eigenvalue weighted by Crippen LogP contribution is 2.33. The number of nitrogens with two attached hydrogens (primary N) is 1. The highest BCUT2D eigenvalue weighted by Gasteiger charge is 2.33. The lowest BCUT2D eigenvalue weighted by Crippen LogP contribution is -2.26. The van der Waals surface area contributed by atoms with Crippen molar-refractivity contribution in [2.45, 2.75) is 25.2 Å². The smallest absolute Gasteiger partial charge is 0.326 e. The molecule has 0 unspecified atom stereocenters. The minimum absolute atomic E-state index is 0. The zero-order chi connectivity index (χ0) is 11.8. The van der Waals surface area contributed by atoms with Gasteiger partial charge in [-0.2, -0.15) is 13.2 Å². The highest BCUT2D eigenvalue weighted by atomic mass is 35.5. The van der Waals surface area contributed by atoms with Gasteiger partial charge in [0.05, 0.1) is 12.7 Å². The van der Waals surface area contributed by atoms with E-state index in [0.717, 1.165) is 25.7 Å². The van der Waals surface area contributed by atoms with Crippen LogP contribution in [0.1, 0.15) is 16.3 Å². The summed E-state index contributed by atoms with van der Waals surface area (Å²) in [6.45, 7) is 2.04. The van der Waals surface area contributed by atoms with Gasteiger partial charge in [-0.05, 0) is 6.42 Å². The second kappa shape index (κ2) is 5.51. The molecule has 0 bridgehead atoms. The zero-order valence-corrected chi connectivity index (χ0v) is 10.5. The summed E-state index contributed by atoms with van der Waals surface area (Å²) in [7, 11) is 0. The van der Waals surface area contributed by atoms with Crippen molar-refractivity contribution in [3.8, 4) is 0 Å². The maximum atomic E-state index is 12.3. The Hall–Kier alpha value is -0.370. The molecule has 1 aliphatic heterocycles. The molecule has 1 aromatic rings. The van der Waals surface area contributed by atoms with Crippen molar-refractivity contribution in [3.05, 3.63) is 16.1 Å². The summed E-state index contributed by atoms with van der Waals surface area (Å²) in [5.74, 6) is 0. The SMILES string of the molecule is Cl.N[C@@H]1CCN(Cc2ncc(C(F)(F)F)s2)C1. The van der Waals surface area contributed by atoms with E-state index < -0.39 is 11.1 Å². The lowest BCUT2D eigenvalue weighted by atomic mass is 10.3. The third-order valence-corrected chi connectivity index (χ3v) is 3.53. The van der Waals surface area contributed by atoms with Crippen LogP contribution < -0.4 is 5.73 Å². The molecule has 2 N–H and O–H groups in total. The first kappa shape index (κ1) is 14.7. The largest absolute Gasteiger partial charge is 0.427 e. The van der Waals surface area contributed by atoms with Gasteiger partial charge >= 0.3 is 6.18 Å². The summed E-state index contributed by atoms with van der Waals surface area (Å²) < 4.78 is 36.9. The molecule has 0 radical (unpaired) electrons. The van der Waals surface area contributed by atoms with Crippen molar-refractivity contribution in [2.24, 2.45) is 5.73 Å². The molecule has 0 amide bonds. The van der Waals surface area contributed by atoms with Crippen molar-refractivity contribution in [3.63, 3.8) is 0 Å². The molecule has 2 heterocycles. The lowest BCUT2D eigenvalue weighted by Gasteiger charge is -2.12. The second-order valence-electron chi connectivity index (χ2n) is 3.90. The van der Waals surface area contributed by atoms with Crippen molar-refractivity contribution >= 4 is 23.7 Å². The van der Waals surface area contributed by atoms with E-state index in [4.69, 9.17) is 5.73 Å². The maximum absolute atomic E-state index is 12.3. The van der Waals surface area contributed by atoms with Crippen molar-refractivity contribution < 1.29 is 13.2 Å². The van der Waals surface area contributed by atoms with Gasteiger partial charge in [0.25, 0.3) is 0 Å². The Balaban J connectivity index is 0.00000144. The van der Waals surface area contributed by atoms with Crippen LogP contribution in [-0.4, -0.2) is 29.0 Å². The molecule has 98 valence electrons. The van der Waals surface area contributed by atoms with Crippen LogP contribution in [0.4, 0.5) is 13.2 Å². The first-order valence-electron chi connectivity index (χ1n) is 4.95. The van der Waals surface area contributed by atoms with Crippen LogP contribution in [0.2, 0.25) is 0 Å². The predicted molar refractivity (Wildman–Crippen MR) is 62.2 cm³/mol. The Kier molecular flexibility index (Phi) is 4.77. The van der Waals surface area contributed by atoms with Gasteiger partial charge in [-0.25, -0.2) is 4.98 Å². The van der Waals surface area contributed by atoms with Gasteiger partial charge < -0.3 is 5.73 Å². The summed E-state index contributed by atoms with van der Waals surface area (Å²) in [4.78, 5) is 5.19. The van der Waals surface area contributed by atoms with E-state index in [2.05, 4.69) is 4.98 Å². The molecule has 2 rings (SSSR count). The highest BCUT2D eigenvalue weighted by molar-refractivity contribution is 7.11. The molecule has 8 heteroatoms. The number of thiazole rings is 1. The van der Waals surface area contributed by atoms with Gasteiger partial charge in [0.1, 0.15) is 9.88 Å². The predicted octanol–water partition coefficient (Wildman–Crippen LogP) is 2.12. The summed E-state index contributed by atoms with van der Waals surface area (Å²) >= 11 is 0.709. The Morgan fingerprint density at radius 1 is 1.53 bits per heavy atom. The second-order valence-corrected chi connectivity index (χ2v) is 5.02. The molecule has 0 saturated carbocycles. The van der Waals surface area contributed by atoms with E-state index in [0.29, 0.717) is 22.9 Å². The van der Waals surface area contributed by atoms with Crippen molar-refractivity contribution in [1.29, 1.82) is 0 Å². The minimum Gasteiger partial charge on any atom is -0.326 e. The number of hydrogen-bond donors (Lipinski definition) is 1. The molecule has 17 heavy (non-hydrogen) atoms. The van der Waals surface area contributed by atoms with Crippen LogP contribution in [0, 0.1) is 0 Å². The number of rotatable bonds is 2. The van der Waals surface area contributed by atoms with E-state index in [1.165, 1.54) is 0 Å². The van der Waals surface area contributed by atoms with E-state index in [1.54, 1.807) is 0 Å². The maximum Gasteiger partial charge on any atom is 0.427 e. The molecule has 0 spiro atoms. The number of nitrogens with zero attached hydrogens (tertiary/aromatic N) is 2. The molecular weight excluding hydrogens is 275 g/mol. The van der Waals surface area contributed by atoms with E-state index >= 15 is 0 Å². The molecule has 1 aromatic heterocycles. The summed E-state index contributed by atoms with van der Waals surface area (Å²) in [5, 5.41) is 0.501. The molecule has 1 saturated heterocycles. The first-order valence-corrected chi connectivity index (χ1v) is 5.76. The Bertz CT molecular complexity index is 369. The van der Waals surface area contributed by atoms with E-state index in [-0.39, 0.29) is 18.4 Å². The summed E-state index contributed by atoms with van der Waals surface area (Å²) in [6.07, 6.45) is -2.48. The molecule has 1 atom stereocenters. The minimum atomic E-state index is -4.28. The van der Waals surface area contributed by atoms with Crippen LogP contribution in [0.15, 0.2) is 6.20 Å². The normalized spacial score (nSPS) is 21.5. The van der Waals surface area contributed by atoms with Crippen LogP contribution in [-0.2, 0) is 12.7 Å². The Morgan fingerprint density at radius 3 is 2.71 bits per heavy atom. The average molecular weight is 288 g/mol. The fraction of sp³-hybridized carbons (Fsp3) is 0.667. The monoisotopic (exact) mass is 287 g/mol. The lowest BCUT2D eigenvalue weighted by molar-refractivity contribution is -0.134. The van der Waals surface area contributed by atoms with Gasteiger partial charge in [-0.1, -0.05) is 0 Å². The Labute approximate surface area is 107 Å². The van der Waals surface area contributed by atoms with E-state index in [9.17, 15) is 13.2 Å². The molecule has 1 aliphatic rings. The van der Waals surface area contributed by atoms with Gasteiger partial charge in [-0.3, -0.25) is 4.90 Å². The third kappa shape index (κ3) is 3.80. The molecular formula is C9H13ClF3N3S. The number of hydrogen-bond acceptors (Lipinski definition) is 4. The standard InChI is InChI=1S/C9H12F3N3S.ClH/c10-9(11,12)7-3-14-8(16-7)5-15-2-1-6(13)4-15;/h3,6H,1-2,4-5,13H2;1H/t6-;/m1./s1. The average Bonchev–Trinajstić information content (AvgIpc) is 2.74. The van der Waals surface area contributed by atoms with Crippen molar-refractivity contribution in [1.82, 2.24) is 9.88 Å². The molecule has 0 aliphatic carbocycles. The zero-order valence-electron chi connectivity index (χ0n) is 8.91. The van der Waals surface area contributed by atoms with E-state index in [1.807, 2.05) is 4.90 Å². The van der Waals surface area contributed by atoms with Crippen LogP contribution in [0.5, 0.6) is 0 Å². The van der Waals surface area contributed by atoms with Crippen LogP contribution in [0.25, 0.3) is 0 Å². The quantitative estimate of drug-likeness (QED) is 0.906. The number of halogens is 4. The van der Waals surface area contributed by atoms with Gasteiger partial charge in [0, 0.05) is 19.1 Å². The topological polar surface area (TPSA) is 42.1 Å².